The van der Waals surface area contributed by atoms with Gasteiger partial charge in [-0.3, -0.25) is 4.79 Å². The maximum Gasteiger partial charge on any atom is 0.251 e. The Labute approximate surface area is 146 Å². The minimum atomic E-state index is -0.0566. The van der Waals surface area contributed by atoms with Crippen molar-refractivity contribution in [3.05, 3.63) is 59.9 Å². The molecule has 1 fully saturated rings. The third-order valence-corrected chi connectivity index (χ3v) is 4.83. The highest BCUT2D eigenvalue weighted by atomic mass is 16.1. The van der Waals surface area contributed by atoms with E-state index in [1.54, 1.807) is 12.3 Å². The monoisotopic (exact) mass is 334 g/mol. The smallest absolute Gasteiger partial charge is 0.251 e. The molecule has 1 aromatic carbocycles. The van der Waals surface area contributed by atoms with Crippen LogP contribution >= 0.6 is 0 Å². The Hall–Kier alpha value is -2.82. The Bertz CT molecular complexity index is 882. The molecule has 1 saturated carbocycles. The Morgan fingerprint density at radius 2 is 2.12 bits per heavy atom. The lowest BCUT2D eigenvalue weighted by Crippen LogP contribution is -2.28. The second-order valence-corrected chi connectivity index (χ2v) is 6.57. The van der Waals surface area contributed by atoms with Crippen molar-refractivity contribution in [1.82, 2.24) is 15.3 Å². The Morgan fingerprint density at radius 1 is 1.24 bits per heavy atom. The number of anilines is 1. The highest BCUT2D eigenvalue weighted by Gasteiger charge is 2.17. The SMILES string of the molecule is O=C(NCCc1c[nH]c2ccccc12)c1ccnc(NC2CCC2)c1. The first-order valence-electron chi connectivity index (χ1n) is 8.85. The number of rotatable bonds is 6. The average Bonchev–Trinajstić information content (AvgIpc) is 3.02. The molecule has 128 valence electrons. The first-order valence-corrected chi connectivity index (χ1v) is 8.85. The summed E-state index contributed by atoms with van der Waals surface area (Å²) in [5.41, 5.74) is 3.00. The molecule has 0 bridgehead atoms. The quantitative estimate of drug-likeness (QED) is 0.646. The number of aromatic amines is 1. The van der Waals surface area contributed by atoms with E-state index in [1.165, 1.54) is 30.2 Å². The molecule has 4 rings (SSSR count). The minimum Gasteiger partial charge on any atom is -0.367 e. The number of amides is 1. The van der Waals surface area contributed by atoms with Crippen molar-refractivity contribution >= 4 is 22.6 Å². The zero-order valence-electron chi connectivity index (χ0n) is 14.1. The van der Waals surface area contributed by atoms with Crippen LogP contribution in [0.4, 0.5) is 5.82 Å². The molecule has 2 aromatic heterocycles. The van der Waals surface area contributed by atoms with Crippen molar-refractivity contribution in [2.24, 2.45) is 0 Å². The van der Waals surface area contributed by atoms with Crippen molar-refractivity contribution in [2.45, 2.75) is 31.7 Å². The largest absolute Gasteiger partial charge is 0.367 e. The minimum absolute atomic E-state index is 0.0566. The van der Waals surface area contributed by atoms with Crippen LogP contribution in [0.25, 0.3) is 10.9 Å². The van der Waals surface area contributed by atoms with Crippen LogP contribution in [0.5, 0.6) is 0 Å². The molecule has 1 amide bonds. The summed E-state index contributed by atoms with van der Waals surface area (Å²) in [7, 11) is 0. The molecule has 1 aliphatic rings. The summed E-state index contributed by atoms with van der Waals surface area (Å²) in [6, 6.07) is 12.3. The highest BCUT2D eigenvalue weighted by Crippen LogP contribution is 2.22. The van der Waals surface area contributed by atoms with Crippen LogP contribution in [0, 0.1) is 0 Å². The molecule has 5 heteroatoms. The lowest BCUT2D eigenvalue weighted by molar-refractivity contribution is 0.0954. The molecular formula is C20H22N4O. The van der Waals surface area contributed by atoms with Crippen LogP contribution in [0.15, 0.2) is 48.8 Å². The standard InChI is InChI=1S/C20H22N4O/c25-20(14-8-10-21-19(12-14)24-16-4-3-5-16)22-11-9-15-13-23-18-7-2-1-6-17(15)18/h1-2,6-8,10,12-13,16,23H,3-5,9,11H2,(H,21,24)(H,22,25). The predicted octanol–water partition coefficient (Wildman–Crippen LogP) is 3.50. The van der Waals surface area contributed by atoms with Crippen LogP contribution < -0.4 is 10.6 Å². The van der Waals surface area contributed by atoms with Gasteiger partial charge in [-0.05, 0) is 49.4 Å². The summed E-state index contributed by atoms with van der Waals surface area (Å²) in [5.74, 6) is 0.730. The van der Waals surface area contributed by atoms with Gasteiger partial charge in [0.25, 0.3) is 5.91 Å². The molecule has 0 saturated heterocycles. The molecule has 0 aliphatic heterocycles. The van der Waals surface area contributed by atoms with Crippen LogP contribution in [0.1, 0.15) is 35.2 Å². The van der Waals surface area contributed by atoms with E-state index in [4.69, 9.17) is 0 Å². The van der Waals surface area contributed by atoms with Gasteiger partial charge >= 0.3 is 0 Å². The van der Waals surface area contributed by atoms with Gasteiger partial charge in [0, 0.05) is 41.4 Å². The van der Waals surface area contributed by atoms with E-state index < -0.39 is 0 Å². The van der Waals surface area contributed by atoms with Crippen LogP contribution in [-0.4, -0.2) is 28.5 Å². The number of hydrogen-bond acceptors (Lipinski definition) is 3. The van der Waals surface area contributed by atoms with Crippen LogP contribution in [0.3, 0.4) is 0 Å². The first-order chi connectivity index (χ1) is 12.3. The van der Waals surface area contributed by atoms with E-state index in [0.717, 1.165) is 17.8 Å². The van der Waals surface area contributed by atoms with E-state index >= 15 is 0 Å². The van der Waals surface area contributed by atoms with E-state index in [-0.39, 0.29) is 5.91 Å². The molecule has 0 unspecified atom stereocenters. The van der Waals surface area contributed by atoms with Crippen molar-refractivity contribution in [2.75, 3.05) is 11.9 Å². The highest BCUT2D eigenvalue weighted by molar-refractivity contribution is 5.94. The Morgan fingerprint density at radius 3 is 2.96 bits per heavy atom. The number of carbonyl (C=O) groups is 1. The van der Waals surface area contributed by atoms with Gasteiger partial charge in [-0.25, -0.2) is 4.98 Å². The Kier molecular flexibility index (Phi) is 4.37. The molecule has 1 aliphatic carbocycles. The predicted molar refractivity (Wildman–Crippen MR) is 99.8 cm³/mol. The summed E-state index contributed by atoms with van der Waals surface area (Å²) >= 11 is 0. The summed E-state index contributed by atoms with van der Waals surface area (Å²) < 4.78 is 0. The number of hydrogen-bond donors (Lipinski definition) is 3. The molecule has 3 N–H and O–H groups in total. The summed E-state index contributed by atoms with van der Waals surface area (Å²) in [6.07, 6.45) is 8.14. The number of pyridine rings is 1. The lowest BCUT2D eigenvalue weighted by atomic mass is 9.93. The van der Waals surface area contributed by atoms with Gasteiger partial charge in [0.15, 0.2) is 0 Å². The van der Waals surface area contributed by atoms with E-state index in [2.05, 4.69) is 32.7 Å². The van der Waals surface area contributed by atoms with Gasteiger partial charge in [0.1, 0.15) is 5.82 Å². The third-order valence-electron chi connectivity index (χ3n) is 4.83. The lowest BCUT2D eigenvalue weighted by Gasteiger charge is -2.26. The number of H-pyrrole nitrogens is 1. The molecule has 2 heterocycles. The maximum absolute atomic E-state index is 12.4. The number of fused-ring (bicyclic) bond motifs is 1. The first kappa shape index (κ1) is 15.7. The summed E-state index contributed by atoms with van der Waals surface area (Å²) in [4.78, 5) is 20.0. The normalized spacial score (nSPS) is 14.2. The zero-order chi connectivity index (χ0) is 17.1. The molecule has 0 spiro atoms. The second-order valence-electron chi connectivity index (χ2n) is 6.57. The molecule has 0 atom stereocenters. The number of aromatic nitrogens is 2. The summed E-state index contributed by atoms with van der Waals surface area (Å²) in [6.45, 7) is 0.606. The Balaban J connectivity index is 1.35. The maximum atomic E-state index is 12.4. The molecular weight excluding hydrogens is 312 g/mol. The topological polar surface area (TPSA) is 69.8 Å². The van der Waals surface area contributed by atoms with E-state index in [0.29, 0.717) is 18.2 Å². The van der Waals surface area contributed by atoms with Crippen molar-refractivity contribution in [1.29, 1.82) is 0 Å². The number of nitrogens with one attached hydrogen (secondary N) is 3. The number of para-hydroxylation sites is 1. The number of carbonyl (C=O) groups excluding carboxylic acids is 1. The average molecular weight is 334 g/mol. The van der Waals surface area contributed by atoms with Gasteiger partial charge in [-0.15, -0.1) is 0 Å². The van der Waals surface area contributed by atoms with Gasteiger partial charge in [0.2, 0.25) is 0 Å². The third kappa shape index (κ3) is 3.50. The number of nitrogens with zero attached hydrogens (tertiary/aromatic N) is 1. The van der Waals surface area contributed by atoms with Crippen molar-refractivity contribution < 1.29 is 4.79 Å². The zero-order valence-corrected chi connectivity index (χ0v) is 14.1. The van der Waals surface area contributed by atoms with Gasteiger partial charge in [-0.2, -0.15) is 0 Å². The van der Waals surface area contributed by atoms with E-state index in [1.807, 2.05) is 24.4 Å². The fraction of sp³-hybridized carbons (Fsp3) is 0.300. The molecule has 25 heavy (non-hydrogen) atoms. The van der Waals surface area contributed by atoms with Crippen molar-refractivity contribution in [3.63, 3.8) is 0 Å². The number of benzene rings is 1. The summed E-state index contributed by atoms with van der Waals surface area (Å²) in [5, 5.41) is 7.59. The van der Waals surface area contributed by atoms with Crippen LogP contribution in [-0.2, 0) is 6.42 Å². The van der Waals surface area contributed by atoms with Gasteiger partial charge in [-0.1, -0.05) is 18.2 Å². The second kappa shape index (κ2) is 6.97. The van der Waals surface area contributed by atoms with Crippen LogP contribution in [0.2, 0.25) is 0 Å². The van der Waals surface area contributed by atoms with Gasteiger partial charge < -0.3 is 15.6 Å². The molecule has 0 radical (unpaired) electrons. The van der Waals surface area contributed by atoms with Crippen molar-refractivity contribution in [3.8, 4) is 0 Å². The fourth-order valence-electron chi connectivity index (χ4n) is 3.16. The van der Waals surface area contributed by atoms with E-state index in [9.17, 15) is 4.79 Å². The fourth-order valence-corrected chi connectivity index (χ4v) is 3.16. The molecule has 5 nitrogen and oxygen atoms in total. The molecule has 3 aromatic rings. The van der Waals surface area contributed by atoms with Gasteiger partial charge in [0.05, 0.1) is 0 Å².